The van der Waals surface area contributed by atoms with Crippen molar-refractivity contribution >= 4 is 11.6 Å². The van der Waals surface area contributed by atoms with Gasteiger partial charge < -0.3 is 10.2 Å². The monoisotopic (exact) mass is 269 g/mol. The van der Waals surface area contributed by atoms with E-state index in [1.54, 1.807) is 6.20 Å². The molecule has 104 valence electrons. The molecule has 4 nitrogen and oxygen atoms in total. The fourth-order valence-corrected chi connectivity index (χ4v) is 1.86. The number of carbonyl (C=O) groups is 1. The number of anilines is 1. The van der Waals surface area contributed by atoms with E-state index < -0.39 is 0 Å². The number of aromatic nitrogens is 1. The van der Waals surface area contributed by atoms with Gasteiger partial charge in [0.2, 0.25) is 5.91 Å². The van der Waals surface area contributed by atoms with Gasteiger partial charge in [-0.1, -0.05) is 18.2 Å². The third-order valence-corrected chi connectivity index (χ3v) is 3.05. The van der Waals surface area contributed by atoms with E-state index in [4.69, 9.17) is 0 Å². The van der Waals surface area contributed by atoms with E-state index in [1.165, 1.54) is 6.92 Å². The van der Waals surface area contributed by atoms with Gasteiger partial charge in [0.25, 0.3) is 0 Å². The fourth-order valence-electron chi connectivity index (χ4n) is 1.86. The summed E-state index contributed by atoms with van der Waals surface area (Å²) in [7, 11) is 4.04. The van der Waals surface area contributed by atoms with Crippen LogP contribution in [0.1, 0.15) is 12.5 Å². The Hall–Kier alpha value is -2.36. The van der Waals surface area contributed by atoms with Gasteiger partial charge in [-0.05, 0) is 23.8 Å². The van der Waals surface area contributed by atoms with Crippen molar-refractivity contribution in [3.8, 4) is 11.3 Å². The summed E-state index contributed by atoms with van der Waals surface area (Å²) in [6, 6.07) is 12.2. The Morgan fingerprint density at radius 2 is 1.85 bits per heavy atom. The van der Waals surface area contributed by atoms with Gasteiger partial charge in [0.15, 0.2) is 0 Å². The SMILES string of the molecule is CC(=O)NCc1ccc(-c2ccc(N(C)C)cc2)nc1. The van der Waals surface area contributed by atoms with Gasteiger partial charge in [0.1, 0.15) is 0 Å². The molecule has 2 rings (SSSR count). The van der Waals surface area contributed by atoms with E-state index in [2.05, 4.69) is 39.5 Å². The van der Waals surface area contributed by atoms with Gasteiger partial charge in [-0.2, -0.15) is 0 Å². The lowest BCUT2D eigenvalue weighted by Crippen LogP contribution is -2.18. The first-order valence-corrected chi connectivity index (χ1v) is 6.53. The quantitative estimate of drug-likeness (QED) is 0.927. The Bertz CT molecular complexity index is 574. The molecule has 0 fully saturated rings. The Balaban J connectivity index is 2.11. The molecule has 1 aromatic heterocycles. The normalized spacial score (nSPS) is 10.2. The zero-order chi connectivity index (χ0) is 14.5. The number of nitrogens with zero attached hydrogens (tertiary/aromatic N) is 2. The molecule has 1 aromatic carbocycles. The van der Waals surface area contributed by atoms with Crippen LogP contribution in [0.3, 0.4) is 0 Å². The first-order chi connectivity index (χ1) is 9.56. The predicted molar refractivity (Wildman–Crippen MR) is 81.5 cm³/mol. The highest BCUT2D eigenvalue weighted by molar-refractivity contribution is 5.72. The van der Waals surface area contributed by atoms with Crippen molar-refractivity contribution in [2.45, 2.75) is 13.5 Å². The number of nitrogens with one attached hydrogen (secondary N) is 1. The van der Waals surface area contributed by atoms with Crippen LogP contribution in [0.4, 0.5) is 5.69 Å². The third-order valence-electron chi connectivity index (χ3n) is 3.05. The first kappa shape index (κ1) is 14.1. The van der Waals surface area contributed by atoms with Crippen LogP contribution in [0.15, 0.2) is 42.6 Å². The molecule has 1 heterocycles. The molecule has 1 amide bonds. The van der Waals surface area contributed by atoms with Crippen LogP contribution in [-0.4, -0.2) is 25.0 Å². The summed E-state index contributed by atoms with van der Waals surface area (Å²) in [5, 5.41) is 2.76. The molecule has 0 spiro atoms. The molecule has 20 heavy (non-hydrogen) atoms. The van der Waals surface area contributed by atoms with E-state index in [9.17, 15) is 4.79 Å². The molecular weight excluding hydrogens is 250 g/mol. The molecule has 0 aliphatic carbocycles. The highest BCUT2D eigenvalue weighted by atomic mass is 16.1. The van der Waals surface area contributed by atoms with Crippen LogP contribution < -0.4 is 10.2 Å². The Labute approximate surface area is 119 Å². The lowest BCUT2D eigenvalue weighted by atomic mass is 10.1. The number of benzene rings is 1. The maximum Gasteiger partial charge on any atom is 0.217 e. The second-order valence-electron chi connectivity index (χ2n) is 4.90. The minimum atomic E-state index is -0.0339. The minimum absolute atomic E-state index is 0.0339. The van der Waals surface area contributed by atoms with Crippen molar-refractivity contribution in [1.29, 1.82) is 0 Å². The van der Waals surface area contributed by atoms with Crippen LogP contribution in [0, 0.1) is 0 Å². The summed E-state index contributed by atoms with van der Waals surface area (Å²) >= 11 is 0. The zero-order valence-corrected chi connectivity index (χ0v) is 12.1. The minimum Gasteiger partial charge on any atom is -0.378 e. The molecular formula is C16H19N3O. The average Bonchev–Trinajstić information content (AvgIpc) is 2.46. The Morgan fingerprint density at radius 1 is 1.15 bits per heavy atom. The molecule has 0 bridgehead atoms. The molecule has 0 atom stereocenters. The summed E-state index contributed by atoms with van der Waals surface area (Å²) in [5.41, 5.74) is 4.17. The average molecular weight is 269 g/mol. The largest absolute Gasteiger partial charge is 0.378 e. The summed E-state index contributed by atoms with van der Waals surface area (Å²) in [4.78, 5) is 17.4. The smallest absolute Gasteiger partial charge is 0.217 e. The third kappa shape index (κ3) is 3.57. The second-order valence-corrected chi connectivity index (χ2v) is 4.90. The molecule has 0 saturated heterocycles. The first-order valence-electron chi connectivity index (χ1n) is 6.53. The fraction of sp³-hybridized carbons (Fsp3) is 0.250. The van der Waals surface area contributed by atoms with Crippen LogP contribution in [0.5, 0.6) is 0 Å². The van der Waals surface area contributed by atoms with E-state index in [0.29, 0.717) is 6.54 Å². The van der Waals surface area contributed by atoms with Gasteiger partial charge in [-0.3, -0.25) is 9.78 Å². The van der Waals surface area contributed by atoms with Crippen LogP contribution in [0.2, 0.25) is 0 Å². The van der Waals surface area contributed by atoms with Crippen LogP contribution >= 0.6 is 0 Å². The number of carbonyl (C=O) groups excluding carboxylic acids is 1. The summed E-state index contributed by atoms with van der Waals surface area (Å²) in [5.74, 6) is -0.0339. The number of amides is 1. The lowest BCUT2D eigenvalue weighted by Gasteiger charge is -2.12. The van der Waals surface area contributed by atoms with Gasteiger partial charge in [-0.15, -0.1) is 0 Å². The van der Waals surface area contributed by atoms with Gasteiger partial charge in [-0.25, -0.2) is 0 Å². The lowest BCUT2D eigenvalue weighted by molar-refractivity contribution is -0.119. The number of rotatable bonds is 4. The van der Waals surface area contributed by atoms with E-state index in [1.807, 2.05) is 26.2 Å². The van der Waals surface area contributed by atoms with Crippen LogP contribution in [-0.2, 0) is 11.3 Å². The number of hydrogen-bond donors (Lipinski definition) is 1. The number of pyridine rings is 1. The van der Waals surface area contributed by atoms with Gasteiger partial charge in [0.05, 0.1) is 5.69 Å². The van der Waals surface area contributed by atoms with E-state index >= 15 is 0 Å². The maximum atomic E-state index is 10.9. The molecule has 1 N–H and O–H groups in total. The van der Waals surface area contributed by atoms with Crippen molar-refractivity contribution in [2.24, 2.45) is 0 Å². The number of hydrogen-bond acceptors (Lipinski definition) is 3. The maximum absolute atomic E-state index is 10.9. The van der Waals surface area contributed by atoms with Gasteiger partial charge >= 0.3 is 0 Å². The summed E-state index contributed by atoms with van der Waals surface area (Å²) < 4.78 is 0. The Kier molecular flexibility index (Phi) is 4.35. The van der Waals surface area contributed by atoms with Crippen molar-refractivity contribution in [2.75, 3.05) is 19.0 Å². The molecule has 0 aliphatic rings. The summed E-state index contributed by atoms with van der Waals surface area (Å²) in [6.45, 7) is 2.02. The van der Waals surface area contributed by atoms with Crippen molar-refractivity contribution in [3.63, 3.8) is 0 Å². The molecule has 4 heteroatoms. The molecule has 0 aliphatic heterocycles. The van der Waals surface area contributed by atoms with Crippen molar-refractivity contribution in [3.05, 3.63) is 48.2 Å². The highest BCUT2D eigenvalue weighted by Gasteiger charge is 2.01. The molecule has 0 unspecified atom stereocenters. The highest BCUT2D eigenvalue weighted by Crippen LogP contribution is 2.20. The molecule has 2 aromatic rings. The van der Waals surface area contributed by atoms with Crippen molar-refractivity contribution in [1.82, 2.24) is 10.3 Å². The zero-order valence-electron chi connectivity index (χ0n) is 12.1. The van der Waals surface area contributed by atoms with E-state index in [0.717, 1.165) is 22.5 Å². The second kappa shape index (κ2) is 6.19. The standard InChI is InChI=1S/C16H19N3O/c1-12(20)17-10-13-4-9-16(18-11-13)14-5-7-15(8-6-14)19(2)3/h4-9,11H,10H2,1-3H3,(H,17,20). The predicted octanol–water partition coefficient (Wildman–Crippen LogP) is 2.45. The Morgan fingerprint density at radius 3 is 2.35 bits per heavy atom. The molecule has 0 radical (unpaired) electrons. The van der Waals surface area contributed by atoms with Crippen LogP contribution in [0.25, 0.3) is 11.3 Å². The topological polar surface area (TPSA) is 45.2 Å². The molecule has 0 saturated carbocycles. The summed E-state index contributed by atoms with van der Waals surface area (Å²) in [6.07, 6.45) is 1.80. The van der Waals surface area contributed by atoms with E-state index in [-0.39, 0.29) is 5.91 Å². The van der Waals surface area contributed by atoms with Gasteiger partial charge in [0, 0.05) is 45.0 Å². The van der Waals surface area contributed by atoms with Crippen molar-refractivity contribution < 1.29 is 4.79 Å².